The van der Waals surface area contributed by atoms with Crippen LogP contribution < -0.4 is 14.8 Å². The highest BCUT2D eigenvalue weighted by Gasteiger charge is 2.26. The van der Waals surface area contributed by atoms with Crippen molar-refractivity contribution < 1.29 is 14.3 Å². The van der Waals surface area contributed by atoms with E-state index in [0.29, 0.717) is 28.6 Å². The predicted molar refractivity (Wildman–Crippen MR) is 107 cm³/mol. The molecule has 1 amide bonds. The highest BCUT2D eigenvalue weighted by Crippen LogP contribution is 2.39. The third kappa shape index (κ3) is 4.08. The minimum absolute atomic E-state index is 0.133. The third-order valence-electron chi connectivity index (χ3n) is 5.28. The first-order valence-corrected chi connectivity index (χ1v) is 10.5. The zero-order valence-electron chi connectivity index (χ0n) is 15.2. The average Bonchev–Trinajstić information content (AvgIpc) is 3.35. The molecule has 0 saturated carbocycles. The molecule has 1 aromatic carbocycles. The molecule has 0 spiro atoms. The van der Waals surface area contributed by atoms with E-state index in [1.54, 1.807) is 23.5 Å². The van der Waals surface area contributed by atoms with Crippen molar-refractivity contribution in [2.24, 2.45) is 5.92 Å². The van der Waals surface area contributed by atoms with Gasteiger partial charge >= 0.3 is 0 Å². The Hall–Kier alpha value is -1.76. The largest absolute Gasteiger partial charge is 0.454 e. The Morgan fingerprint density at radius 1 is 1.37 bits per heavy atom. The number of hydrogen-bond donors (Lipinski definition) is 1. The number of nitrogens with one attached hydrogen (secondary N) is 1. The van der Waals surface area contributed by atoms with E-state index in [0.717, 1.165) is 19.0 Å². The molecule has 1 saturated heterocycles. The number of amides is 1. The van der Waals surface area contributed by atoms with Gasteiger partial charge in [0, 0.05) is 17.0 Å². The maximum Gasteiger partial charge on any atom is 0.251 e. The highest BCUT2D eigenvalue weighted by atomic mass is 35.5. The van der Waals surface area contributed by atoms with E-state index in [1.807, 2.05) is 0 Å². The lowest BCUT2D eigenvalue weighted by Crippen LogP contribution is -2.41. The number of benzene rings is 1. The van der Waals surface area contributed by atoms with Crippen molar-refractivity contribution in [1.29, 1.82) is 0 Å². The summed E-state index contributed by atoms with van der Waals surface area (Å²) in [4.78, 5) is 16.5. The normalized spacial score (nSPS) is 18.4. The molecule has 2 aliphatic rings. The summed E-state index contributed by atoms with van der Waals surface area (Å²) < 4.78 is 10.7. The standard InChI is InChI=1S/C20H23ClN2O3S/c1-13-4-6-23(7-5-13)16(18-3-2-8-27-18)11-22-20(24)14-9-15(21)19-17(10-14)25-12-26-19/h2-3,8-10,13,16H,4-7,11-12H2,1H3,(H,22,24). The molecule has 1 atom stereocenters. The fraction of sp³-hybridized carbons (Fsp3) is 0.450. The molecular formula is C20H23ClN2O3S. The van der Waals surface area contributed by atoms with Gasteiger partial charge in [0.15, 0.2) is 11.5 Å². The minimum Gasteiger partial charge on any atom is -0.454 e. The second-order valence-electron chi connectivity index (χ2n) is 7.15. The molecular weight excluding hydrogens is 384 g/mol. The van der Waals surface area contributed by atoms with Gasteiger partial charge in [-0.25, -0.2) is 0 Å². The summed E-state index contributed by atoms with van der Waals surface area (Å²) in [5.41, 5.74) is 0.487. The van der Waals surface area contributed by atoms with E-state index in [9.17, 15) is 4.79 Å². The van der Waals surface area contributed by atoms with Gasteiger partial charge in [-0.05, 0) is 55.4 Å². The van der Waals surface area contributed by atoms with E-state index in [4.69, 9.17) is 21.1 Å². The van der Waals surface area contributed by atoms with Crippen LogP contribution in [0.2, 0.25) is 5.02 Å². The Labute approximate surface area is 168 Å². The van der Waals surface area contributed by atoms with E-state index in [-0.39, 0.29) is 18.7 Å². The molecule has 1 fully saturated rings. The zero-order chi connectivity index (χ0) is 18.8. The topological polar surface area (TPSA) is 50.8 Å². The fourth-order valence-electron chi connectivity index (χ4n) is 3.62. The molecule has 27 heavy (non-hydrogen) atoms. The second kappa shape index (κ2) is 8.09. The Bertz CT molecular complexity index is 804. The van der Waals surface area contributed by atoms with Crippen LogP contribution in [0.5, 0.6) is 11.5 Å². The van der Waals surface area contributed by atoms with Gasteiger partial charge in [0.1, 0.15) is 0 Å². The number of fused-ring (bicyclic) bond motifs is 1. The van der Waals surface area contributed by atoms with Gasteiger partial charge in [0.2, 0.25) is 6.79 Å². The summed E-state index contributed by atoms with van der Waals surface area (Å²) in [6.07, 6.45) is 2.40. The number of halogens is 1. The monoisotopic (exact) mass is 406 g/mol. The van der Waals surface area contributed by atoms with Crippen LogP contribution in [0.15, 0.2) is 29.6 Å². The van der Waals surface area contributed by atoms with E-state index in [2.05, 4.69) is 34.7 Å². The lowest BCUT2D eigenvalue weighted by atomic mass is 9.97. The highest BCUT2D eigenvalue weighted by molar-refractivity contribution is 7.10. The van der Waals surface area contributed by atoms with Crippen LogP contribution in [0.3, 0.4) is 0 Å². The quantitative estimate of drug-likeness (QED) is 0.802. The van der Waals surface area contributed by atoms with Gasteiger partial charge in [-0.2, -0.15) is 0 Å². The smallest absolute Gasteiger partial charge is 0.251 e. The number of piperidine rings is 1. The van der Waals surface area contributed by atoms with Crippen LogP contribution in [0, 0.1) is 5.92 Å². The molecule has 2 aromatic rings. The molecule has 5 nitrogen and oxygen atoms in total. The minimum atomic E-state index is -0.151. The number of rotatable bonds is 5. The van der Waals surface area contributed by atoms with Crippen LogP contribution in [0.4, 0.5) is 0 Å². The first kappa shape index (κ1) is 18.6. The number of likely N-dealkylation sites (tertiary alicyclic amines) is 1. The van der Waals surface area contributed by atoms with E-state index in [1.165, 1.54) is 17.7 Å². The Morgan fingerprint density at radius 2 is 2.19 bits per heavy atom. The molecule has 1 unspecified atom stereocenters. The molecule has 1 aromatic heterocycles. The van der Waals surface area contributed by atoms with Gasteiger partial charge < -0.3 is 14.8 Å². The van der Waals surface area contributed by atoms with Gasteiger partial charge in [0.25, 0.3) is 5.91 Å². The fourth-order valence-corrected chi connectivity index (χ4v) is 4.75. The van der Waals surface area contributed by atoms with Crippen molar-refractivity contribution in [3.8, 4) is 11.5 Å². The Kier molecular flexibility index (Phi) is 5.57. The molecule has 0 radical (unpaired) electrons. The predicted octanol–water partition coefficient (Wildman–Crippen LogP) is 4.33. The van der Waals surface area contributed by atoms with Crippen molar-refractivity contribution in [3.05, 3.63) is 45.1 Å². The summed E-state index contributed by atoms with van der Waals surface area (Å²) in [5, 5.41) is 5.58. The molecule has 0 bridgehead atoms. The molecule has 144 valence electrons. The van der Waals surface area contributed by atoms with Gasteiger partial charge in [0.05, 0.1) is 11.1 Å². The van der Waals surface area contributed by atoms with Crippen molar-refractivity contribution in [2.75, 3.05) is 26.4 Å². The lowest BCUT2D eigenvalue weighted by molar-refractivity contribution is 0.0914. The van der Waals surface area contributed by atoms with Crippen LogP contribution in [0.25, 0.3) is 0 Å². The second-order valence-corrected chi connectivity index (χ2v) is 8.54. The van der Waals surface area contributed by atoms with Gasteiger partial charge in [-0.3, -0.25) is 9.69 Å². The first-order valence-electron chi connectivity index (χ1n) is 9.26. The van der Waals surface area contributed by atoms with E-state index < -0.39 is 0 Å². The summed E-state index contributed by atoms with van der Waals surface area (Å²) in [6, 6.07) is 7.74. The number of nitrogens with zero attached hydrogens (tertiary/aromatic N) is 1. The van der Waals surface area contributed by atoms with Crippen molar-refractivity contribution in [2.45, 2.75) is 25.8 Å². The van der Waals surface area contributed by atoms with Crippen molar-refractivity contribution in [1.82, 2.24) is 10.2 Å². The van der Waals surface area contributed by atoms with Crippen LogP contribution in [-0.4, -0.2) is 37.2 Å². The molecule has 4 rings (SSSR count). The summed E-state index contributed by atoms with van der Waals surface area (Å²) in [7, 11) is 0. The van der Waals surface area contributed by atoms with Crippen molar-refractivity contribution >= 4 is 28.8 Å². The summed E-state index contributed by atoms with van der Waals surface area (Å²) in [6.45, 7) is 5.14. The maximum absolute atomic E-state index is 12.7. The van der Waals surface area contributed by atoms with Crippen LogP contribution >= 0.6 is 22.9 Å². The number of carbonyl (C=O) groups is 1. The molecule has 7 heteroatoms. The Balaban J connectivity index is 1.46. The summed E-state index contributed by atoms with van der Waals surface area (Å²) >= 11 is 7.95. The number of carbonyl (C=O) groups excluding carboxylic acids is 1. The lowest BCUT2D eigenvalue weighted by Gasteiger charge is -2.36. The molecule has 0 aliphatic carbocycles. The first-order chi connectivity index (χ1) is 13.1. The molecule has 2 aliphatic heterocycles. The van der Waals surface area contributed by atoms with Crippen molar-refractivity contribution in [3.63, 3.8) is 0 Å². The number of thiophene rings is 1. The van der Waals surface area contributed by atoms with Gasteiger partial charge in [-0.1, -0.05) is 24.6 Å². The zero-order valence-corrected chi connectivity index (χ0v) is 16.8. The summed E-state index contributed by atoms with van der Waals surface area (Å²) in [5.74, 6) is 1.65. The van der Waals surface area contributed by atoms with E-state index >= 15 is 0 Å². The third-order valence-corrected chi connectivity index (χ3v) is 6.53. The SMILES string of the molecule is CC1CCN(C(CNC(=O)c2cc(Cl)c3c(c2)OCO3)c2cccs2)CC1. The molecule has 3 heterocycles. The van der Waals surface area contributed by atoms with Crippen LogP contribution in [0.1, 0.15) is 41.0 Å². The van der Waals surface area contributed by atoms with Crippen LogP contribution in [-0.2, 0) is 0 Å². The van der Waals surface area contributed by atoms with Gasteiger partial charge in [-0.15, -0.1) is 11.3 Å². The average molecular weight is 407 g/mol. The molecule has 1 N–H and O–H groups in total. The number of hydrogen-bond acceptors (Lipinski definition) is 5. The Morgan fingerprint density at radius 3 is 2.93 bits per heavy atom. The number of ether oxygens (including phenoxy) is 2. The maximum atomic E-state index is 12.7.